The van der Waals surface area contributed by atoms with Gasteiger partial charge in [0.05, 0.1) is 0 Å². The molecule has 0 fully saturated rings. The quantitative estimate of drug-likeness (QED) is 0.579. The standard InChI is InChI=1S/C12H27NO/c1-5-8-12(3,11-13-4)9-7-10-14-6-2/h13H,5-11H2,1-4H3. The monoisotopic (exact) mass is 201 g/mol. The molecule has 0 rings (SSSR count). The Balaban J connectivity index is 3.71. The average molecular weight is 201 g/mol. The lowest BCUT2D eigenvalue weighted by Gasteiger charge is -2.29. The van der Waals surface area contributed by atoms with Crippen LogP contribution < -0.4 is 5.32 Å². The summed E-state index contributed by atoms with van der Waals surface area (Å²) in [6, 6.07) is 0. The lowest BCUT2D eigenvalue weighted by Crippen LogP contribution is -2.30. The summed E-state index contributed by atoms with van der Waals surface area (Å²) in [5, 5.41) is 3.29. The fourth-order valence-electron chi connectivity index (χ4n) is 2.08. The van der Waals surface area contributed by atoms with Crippen LogP contribution in [0.1, 0.15) is 46.5 Å². The third-order valence-corrected chi connectivity index (χ3v) is 2.73. The van der Waals surface area contributed by atoms with Gasteiger partial charge in [-0.2, -0.15) is 0 Å². The van der Waals surface area contributed by atoms with Gasteiger partial charge in [0.25, 0.3) is 0 Å². The van der Waals surface area contributed by atoms with Crippen LogP contribution in [-0.2, 0) is 4.74 Å². The summed E-state index contributed by atoms with van der Waals surface area (Å²) in [5.41, 5.74) is 0.459. The van der Waals surface area contributed by atoms with E-state index < -0.39 is 0 Å². The van der Waals surface area contributed by atoms with Crippen LogP contribution in [0.4, 0.5) is 0 Å². The largest absolute Gasteiger partial charge is 0.382 e. The summed E-state index contributed by atoms with van der Waals surface area (Å²) >= 11 is 0. The third kappa shape index (κ3) is 6.39. The van der Waals surface area contributed by atoms with E-state index in [1.165, 1.54) is 25.7 Å². The van der Waals surface area contributed by atoms with Crippen molar-refractivity contribution < 1.29 is 4.74 Å². The van der Waals surface area contributed by atoms with E-state index in [1.807, 2.05) is 7.05 Å². The van der Waals surface area contributed by atoms with Crippen LogP contribution in [0.15, 0.2) is 0 Å². The second-order valence-corrected chi connectivity index (χ2v) is 4.39. The van der Waals surface area contributed by atoms with Crippen molar-refractivity contribution in [2.75, 3.05) is 26.8 Å². The fourth-order valence-corrected chi connectivity index (χ4v) is 2.08. The summed E-state index contributed by atoms with van der Waals surface area (Å²) in [5.74, 6) is 0. The molecule has 1 N–H and O–H groups in total. The van der Waals surface area contributed by atoms with Crippen molar-refractivity contribution in [3.05, 3.63) is 0 Å². The minimum absolute atomic E-state index is 0.459. The molecule has 0 aromatic carbocycles. The van der Waals surface area contributed by atoms with Crippen LogP contribution in [0.25, 0.3) is 0 Å². The molecular formula is C12H27NO. The summed E-state index contributed by atoms with van der Waals surface area (Å²) < 4.78 is 5.36. The van der Waals surface area contributed by atoms with Crippen LogP contribution in [0.3, 0.4) is 0 Å². The van der Waals surface area contributed by atoms with Crippen molar-refractivity contribution in [1.82, 2.24) is 5.32 Å². The Bertz CT molecular complexity index is 119. The van der Waals surface area contributed by atoms with Crippen LogP contribution in [-0.4, -0.2) is 26.8 Å². The van der Waals surface area contributed by atoms with E-state index in [0.29, 0.717) is 5.41 Å². The van der Waals surface area contributed by atoms with Gasteiger partial charge < -0.3 is 10.1 Å². The van der Waals surface area contributed by atoms with Gasteiger partial charge >= 0.3 is 0 Å². The van der Waals surface area contributed by atoms with E-state index in [-0.39, 0.29) is 0 Å². The molecule has 0 aliphatic heterocycles. The number of hydrogen-bond acceptors (Lipinski definition) is 2. The minimum atomic E-state index is 0.459. The number of hydrogen-bond donors (Lipinski definition) is 1. The van der Waals surface area contributed by atoms with Gasteiger partial charge in [0, 0.05) is 19.8 Å². The number of nitrogens with one attached hydrogen (secondary N) is 1. The van der Waals surface area contributed by atoms with E-state index in [1.54, 1.807) is 0 Å². The van der Waals surface area contributed by atoms with Gasteiger partial charge in [-0.15, -0.1) is 0 Å². The van der Waals surface area contributed by atoms with Crippen LogP contribution in [0.5, 0.6) is 0 Å². The maximum absolute atomic E-state index is 5.36. The topological polar surface area (TPSA) is 21.3 Å². The van der Waals surface area contributed by atoms with Gasteiger partial charge in [-0.25, -0.2) is 0 Å². The van der Waals surface area contributed by atoms with Crippen molar-refractivity contribution in [1.29, 1.82) is 0 Å². The van der Waals surface area contributed by atoms with E-state index in [2.05, 4.69) is 26.1 Å². The van der Waals surface area contributed by atoms with Crippen LogP contribution in [0, 0.1) is 5.41 Å². The zero-order chi connectivity index (χ0) is 10.9. The van der Waals surface area contributed by atoms with Gasteiger partial charge in [0.15, 0.2) is 0 Å². The maximum atomic E-state index is 5.36. The first kappa shape index (κ1) is 13.9. The first-order valence-electron chi connectivity index (χ1n) is 5.91. The molecule has 2 nitrogen and oxygen atoms in total. The van der Waals surface area contributed by atoms with Crippen LogP contribution >= 0.6 is 0 Å². The highest BCUT2D eigenvalue weighted by molar-refractivity contribution is 4.75. The lowest BCUT2D eigenvalue weighted by molar-refractivity contribution is 0.127. The minimum Gasteiger partial charge on any atom is -0.382 e. The molecule has 1 unspecified atom stereocenters. The van der Waals surface area contributed by atoms with Gasteiger partial charge in [-0.3, -0.25) is 0 Å². The van der Waals surface area contributed by atoms with Gasteiger partial charge in [-0.05, 0) is 38.6 Å². The molecule has 0 bridgehead atoms. The van der Waals surface area contributed by atoms with Crippen molar-refractivity contribution in [2.45, 2.75) is 46.5 Å². The zero-order valence-electron chi connectivity index (χ0n) is 10.4. The fraction of sp³-hybridized carbons (Fsp3) is 1.00. The molecule has 0 saturated carbocycles. The molecule has 0 heterocycles. The lowest BCUT2D eigenvalue weighted by atomic mass is 9.81. The molecule has 0 amide bonds. The molecule has 0 aliphatic rings. The maximum Gasteiger partial charge on any atom is 0.0466 e. The van der Waals surface area contributed by atoms with Crippen LogP contribution in [0.2, 0.25) is 0 Å². The Kier molecular flexibility index (Phi) is 8.20. The van der Waals surface area contributed by atoms with Crippen molar-refractivity contribution in [3.63, 3.8) is 0 Å². The molecular weight excluding hydrogens is 174 g/mol. The SMILES string of the molecule is CCCC(C)(CCCOCC)CNC. The van der Waals surface area contributed by atoms with Crippen molar-refractivity contribution in [2.24, 2.45) is 5.41 Å². The van der Waals surface area contributed by atoms with Gasteiger partial charge in [0.1, 0.15) is 0 Å². The van der Waals surface area contributed by atoms with Gasteiger partial charge in [-0.1, -0.05) is 20.3 Å². The summed E-state index contributed by atoms with van der Waals surface area (Å²) in [7, 11) is 2.04. The third-order valence-electron chi connectivity index (χ3n) is 2.73. The first-order chi connectivity index (χ1) is 6.68. The van der Waals surface area contributed by atoms with Crippen molar-refractivity contribution >= 4 is 0 Å². The predicted octanol–water partition coefficient (Wildman–Crippen LogP) is 2.83. The second kappa shape index (κ2) is 8.25. The predicted molar refractivity (Wildman–Crippen MR) is 62.7 cm³/mol. The van der Waals surface area contributed by atoms with Crippen molar-refractivity contribution in [3.8, 4) is 0 Å². The smallest absolute Gasteiger partial charge is 0.0466 e. The summed E-state index contributed by atoms with van der Waals surface area (Å²) in [4.78, 5) is 0. The van der Waals surface area contributed by atoms with E-state index in [9.17, 15) is 0 Å². The molecule has 0 radical (unpaired) electrons. The Labute approximate surface area is 89.4 Å². The molecule has 0 aliphatic carbocycles. The molecule has 14 heavy (non-hydrogen) atoms. The zero-order valence-corrected chi connectivity index (χ0v) is 10.4. The van der Waals surface area contributed by atoms with E-state index >= 15 is 0 Å². The highest BCUT2D eigenvalue weighted by Crippen LogP contribution is 2.28. The number of ether oxygens (including phenoxy) is 1. The Hall–Kier alpha value is -0.0800. The molecule has 0 aromatic heterocycles. The molecule has 0 spiro atoms. The number of rotatable bonds is 9. The molecule has 2 heteroatoms. The summed E-state index contributed by atoms with van der Waals surface area (Å²) in [6.45, 7) is 9.57. The molecule has 86 valence electrons. The highest BCUT2D eigenvalue weighted by Gasteiger charge is 2.21. The first-order valence-corrected chi connectivity index (χ1v) is 5.91. The molecule has 1 atom stereocenters. The van der Waals surface area contributed by atoms with E-state index in [0.717, 1.165) is 19.8 Å². The second-order valence-electron chi connectivity index (χ2n) is 4.39. The molecule has 0 aromatic rings. The Morgan fingerprint density at radius 3 is 2.43 bits per heavy atom. The van der Waals surface area contributed by atoms with E-state index in [4.69, 9.17) is 4.74 Å². The molecule has 0 saturated heterocycles. The normalized spacial score (nSPS) is 15.4. The van der Waals surface area contributed by atoms with Gasteiger partial charge in [0.2, 0.25) is 0 Å². The average Bonchev–Trinajstić information content (AvgIpc) is 2.13. The summed E-state index contributed by atoms with van der Waals surface area (Å²) in [6.07, 6.45) is 5.03. The highest BCUT2D eigenvalue weighted by atomic mass is 16.5. The Morgan fingerprint density at radius 2 is 1.93 bits per heavy atom. The Morgan fingerprint density at radius 1 is 1.21 bits per heavy atom.